The van der Waals surface area contributed by atoms with E-state index < -0.39 is 0 Å². The molecule has 0 fully saturated rings. The zero-order valence-electron chi connectivity index (χ0n) is 5.24. The zero-order chi connectivity index (χ0) is 6.10. The summed E-state index contributed by atoms with van der Waals surface area (Å²) in [7, 11) is 0. The van der Waals surface area contributed by atoms with Crippen LogP contribution in [0, 0.1) is 0 Å². The zero-order valence-corrected chi connectivity index (χ0v) is 8.42. The number of para-hydroxylation sites is 2. The molecule has 50 valence electrons. The third-order valence-electron chi connectivity index (χ3n) is 1.33. The number of imidazole rings is 1. The van der Waals surface area contributed by atoms with Crippen LogP contribution in [-0.4, -0.2) is 36.5 Å². The van der Waals surface area contributed by atoms with Gasteiger partial charge in [0.1, 0.15) is 0 Å². The molecule has 2 nitrogen and oxygen atoms in total. The maximum atomic E-state index is 4.06. The van der Waals surface area contributed by atoms with Crippen molar-refractivity contribution in [3.05, 3.63) is 30.6 Å². The molecule has 1 aromatic heterocycles. The molecule has 2 radical (unpaired) electrons. The van der Waals surface area contributed by atoms with E-state index in [1.165, 1.54) is 0 Å². The first-order valence-electron chi connectivity index (χ1n) is 2.85. The molecular formula is C7H6N2Po. The fourth-order valence-corrected chi connectivity index (χ4v) is 0.880. The molecule has 2 aromatic rings. The number of aromatic nitrogens is 2. The fraction of sp³-hybridized carbons (Fsp3) is 0. The van der Waals surface area contributed by atoms with E-state index in [0.29, 0.717) is 0 Å². The molecule has 1 aromatic carbocycles. The van der Waals surface area contributed by atoms with Crippen LogP contribution in [0.1, 0.15) is 0 Å². The SMILES string of the molecule is [Po].c1ccc2[nH]cnc2c1. The van der Waals surface area contributed by atoms with Crippen molar-refractivity contribution in [2.45, 2.75) is 0 Å². The number of fused-ring (bicyclic) bond motifs is 1. The fourth-order valence-electron chi connectivity index (χ4n) is 0.880. The summed E-state index contributed by atoms with van der Waals surface area (Å²) >= 11 is 0. The predicted octanol–water partition coefficient (Wildman–Crippen LogP) is 1.18. The summed E-state index contributed by atoms with van der Waals surface area (Å²) < 4.78 is 0. The first-order valence-corrected chi connectivity index (χ1v) is 2.85. The second kappa shape index (κ2) is 3.12. The second-order valence-corrected chi connectivity index (χ2v) is 1.92. The van der Waals surface area contributed by atoms with Gasteiger partial charge >= 0.3 is 0 Å². The van der Waals surface area contributed by atoms with Crippen LogP contribution in [0.25, 0.3) is 11.0 Å². The Morgan fingerprint density at radius 2 is 2.00 bits per heavy atom. The number of nitrogens with zero attached hydrogens (tertiary/aromatic N) is 1. The van der Waals surface area contributed by atoms with Crippen LogP contribution in [0.4, 0.5) is 0 Å². The maximum absolute atomic E-state index is 4.06. The van der Waals surface area contributed by atoms with E-state index in [9.17, 15) is 0 Å². The van der Waals surface area contributed by atoms with Crippen molar-refractivity contribution in [2.24, 2.45) is 0 Å². The van der Waals surface area contributed by atoms with Gasteiger partial charge in [0.25, 0.3) is 0 Å². The van der Waals surface area contributed by atoms with Crippen LogP contribution >= 0.6 is 0 Å². The Balaban J connectivity index is 0.000000500. The number of nitrogens with one attached hydrogen (secondary N) is 1. The molecule has 0 amide bonds. The molecule has 0 saturated carbocycles. The normalized spacial score (nSPS) is 9.20. The Hall–Kier alpha value is -0.414. The molecule has 1 heterocycles. The molecule has 0 bridgehead atoms. The van der Waals surface area contributed by atoms with E-state index >= 15 is 0 Å². The van der Waals surface area contributed by atoms with E-state index in [-0.39, 0.29) is 26.6 Å². The van der Waals surface area contributed by atoms with Crippen LogP contribution in [0.5, 0.6) is 0 Å². The number of aromatic amines is 1. The summed E-state index contributed by atoms with van der Waals surface area (Å²) in [5.74, 6) is 0. The van der Waals surface area contributed by atoms with Gasteiger partial charge in [-0.05, 0) is 12.1 Å². The van der Waals surface area contributed by atoms with Gasteiger partial charge in [-0.25, -0.2) is 4.98 Å². The van der Waals surface area contributed by atoms with Gasteiger partial charge in [0.05, 0.1) is 17.4 Å². The molecule has 0 atom stereocenters. The Labute approximate surface area is 78.1 Å². The molecule has 0 aliphatic heterocycles. The van der Waals surface area contributed by atoms with Gasteiger partial charge in [-0.15, -0.1) is 0 Å². The van der Waals surface area contributed by atoms with E-state index in [4.69, 9.17) is 0 Å². The van der Waals surface area contributed by atoms with Gasteiger partial charge in [0, 0.05) is 26.6 Å². The Bertz CT molecular complexity index is 286. The minimum Gasteiger partial charge on any atom is -0.345 e. The summed E-state index contributed by atoms with van der Waals surface area (Å²) in [6.45, 7) is 0. The molecule has 2 rings (SSSR count). The van der Waals surface area contributed by atoms with Crippen molar-refractivity contribution in [3.8, 4) is 0 Å². The Morgan fingerprint density at radius 3 is 2.80 bits per heavy atom. The van der Waals surface area contributed by atoms with Crippen molar-refractivity contribution in [2.75, 3.05) is 0 Å². The Kier molecular flexibility index (Phi) is 2.40. The van der Waals surface area contributed by atoms with Gasteiger partial charge in [-0.2, -0.15) is 0 Å². The largest absolute Gasteiger partial charge is 0.345 e. The summed E-state index contributed by atoms with van der Waals surface area (Å²) in [6.07, 6.45) is 1.70. The van der Waals surface area contributed by atoms with E-state index in [1.807, 2.05) is 24.3 Å². The topological polar surface area (TPSA) is 28.7 Å². The van der Waals surface area contributed by atoms with Crippen molar-refractivity contribution >= 4 is 37.6 Å². The van der Waals surface area contributed by atoms with Crippen LogP contribution < -0.4 is 0 Å². The van der Waals surface area contributed by atoms with Gasteiger partial charge < -0.3 is 4.98 Å². The summed E-state index contributed by atoms with van der Waals surface area (Å²) in [5.41, 5.74) is 2.12. The number of hydrogen-bond acceptors (Lipinski definition) is 1. The minimum atomic E-state index is 0. The van der Waals surface area contributed by atoms with Crippen LogP contribution in [0.15, 0.2) is 30.6 Å². The second-order valence-electron chi connectivity index (χ2n) is 1.92. The molecule has 0 aliphatic carbocycles. The monoisotopic (exact) mass is 327 g/mol. The number of H-pyrrole nitrogens is 1. The molecule has 0 unspecified atom stereocenters. The third-order valence-corrected chi connectivity index (χ3v) is 1.33. The minimum absolute atomic E-state index is 0. The molecule has 0 aliphatic rings. The van der Waals surface area contributed by atoms with Crippen LogP contribution in [0.2, 0.25) is 0 Å². The van der Waals surface area contributed by atoms with E-state index in [2.05, 4.69) is 9.97 Å². The van der Waals surface area contributed by atoms with Gasteiger partial charge in [-0.3, -0.25) is 0 Å². The molecule has 0 spiro atoms. The van der Waals surface area contributed by atoms with E-state index in [0.717, 1.165) is 11.0 Å². The first kappa shape index (κ1) is 7.69. The van der Waals surface area contributed by atoms with Gasteiger partial charge in [0.15, 0.2) is 0 Å². The molecule has 3 heteroatoms. The third kappa shape index (κ3) is 1.20. The van der Waals surface area contributed by atoms with E-state index in [1.54, 1.807) is 6.33 Å². The average molecular weight is 327 g/mol. The summed E-state index contributed by atoms with van der Waals surface area (Å²) in [5, 5.41) is 0. The standard InChI is InChI=1S/C7H6N2.Po/c1-2-4-7-6(3-1)8-5-9-7;/h1-5H,(H,8,9);. The number of rotatable bonds is 0. The van der Waals surface area contributed by atoms with Crippen molar-refractivity contribution in [1.29, 1.82) is 0 Å². The van der Waals surface area contributed by atoms with Crippen LogP contribution in [-0.2, 0) is 0 Å². The smallest absolute Gasteiger partial charge is 0.0931 e. The molecule has 1 N–H and O–H groups in total. The predicted molar refractivity (Wildman–Crippen MR) is 41.8 cm³/mol. The maximum Gasteiger partial charge on any atom is 0.0931 e. The van der Waals surface area contributed by atoms with Gasteiger partial charge in [-0.1, -0.05) is 12.1 Å². The summed E-state index contributed by atoms with van der Waals surface area (Å²) in [4.78, 5) is 7.07. The van der Waals surface area contributed by atoms with Crippen molar-refractivity contribution < 1.29 is 0 Å². The molecular weight excluding hydrogens is 321 g/mol. The van der Waals surface area contributed by atoms with Crippen LogP contribution in [0.3, 0.4) is 0 Å². The van der Waals surface area contributed by atoms with Crippen molar-refractivity contribution in [3.63, 3.8) is 0 Å². The number of benzene rings is 1. The van der Waals surface area contributed by atoms with Gasteiger partial charge in [0.2, 0.25) is 0 Å². The Morgan fingerprint density at radius 1 is 1.20 bits per heavy atom. The quantitative estimate of drug-likeness (QED) is 0.774. The molecule has 10 heavy (non-hydrogen) atoms. The molecule has 0 saturated heterocycles. The first-order chi connectivity index (χ1) is 4.47. The average Bonchev–Trinajstić information content (AvgIpc) is 2.33. The summed E-state index contributed by atoms with van der Waals surface area (Å²) in [6, 6.07) is 7.94. The number of hydrogen-bond donors (Lipinski definition) is 1. The van der Waals surface area contributed by atoms with Crippen molar-refractivity contribution in [1.82, 2.24) is 9.97 Å².